The number of aryl methyl sites for hydroxylation is 1. The molecule has 2 aromatic carbocycles. The largest absolute Gasteiger partial charge is 0.489 e. The van der Waals surface area contributed by atoms with Crippen LogP contribution in [0.25, 0.3) is 10.9 Å². The fourth-order valence-electron chi connectivity index (χ4n) is 2.84. The Bertz CT molecular complexity index is 865. The molecule has 0 spiro atoms. The molecule has 2 N–H and O–H groups in total. The maximum Gasteiger partial charge on any atom is 0.228 e. The first-order valence-electron chi connectivity index (χ1n) is 8.16. The average Bonchev–Trinajstić information content (AvgIpc) is 2.85. The van der Waals surface area contributed by atoms with Crippen LogP contribution in [-0.2, 0) is 11.2 Å². The molecule has 4 nitrogen and oxygen atoms in total. The Morgan fingerprint density at radius 1 is 1.12 bits per heavy atom. The summed E-state index contributed by atoms with van der Waals surface area (Å²) in [6.45, 7) is 5.93. The number of hydrogen-bond donors (Lipinski definition) is 2. The Morgan fingerprint density at radius 3 is 2.62 bits per heavy atom. The van der Waals surface area contributed by atoms with E-state index in [-0.39, 0.29) is 12.0 Å². The van der Waals surface area contributed by atoms with Gasteiger partial charge in [0.05, 0.1) is 18.2 Å². The van der Waals surface area contributed by atoms with Crippen LogP contribution >= 0.6 is 0 Å². The number of fused-ring (bicyclic) bond motifs is 1. The van der Waals surface area contributed by atoms with Gasteiger partial charge in [-0.05, 0) is 44.5 Å². The lowest BCUT2D eigenvalue weighted by Crippen LogP contribution is -2.16. The van der Waals surface area contributed by atoms with Crippen molar-refractivity contribution in [3.05, 3.63) is 59.8 Å². The van der Waals surface area contributed by atoms with Gasteiger partial charge in [-0.3, -0.25) is 4.79 Å². The maximum atomic E-state index is 12.5. The second kappa shape index (κ2) is 6.79. The van der Waals surface area contributed by atoms with Gasteiger partial charge in [0.15, 0.2) is 0 Å². The fraction of sp³-hybridized carbons (Fsp3) is 0.250. The van der Waals surface area contributed by atoms with Crippen LogP contribution in [-0.4, -0.2) is 17.0 Å². The summed E-state index contributed by atoms with van der Waals surface area (Å²) >= 11 is 0. The van der Waals surface area contributed by atoms with Gasteiger partial charge >= 0.3 is 0 Å². The zero-order valence-corrected chi connectivity index (χ0v) is 14.2. The molecule has 24 heavy (non-hydrogen) atoms. The summed E-state index contributed by atoms with van der Waals surface area (Å²) in [6, 6.07) is 15.6. The molecule has 0 fully saturated rings. The molecule has 3 rings (SSSR count). The number of carbonyl (C=O) groups is 1. The second-order valence-corrected chi connectivity index (χ2v) is 6.16. The molecule has 0 aliphatic heterocycles. The van der Waals surface area contributed by atoms with Crippen molar-refractivity contribution in [2.75, 3.05) is 5.32 Å². The summed E-state index contributed by atoms with van der Waals surface area (Å²) in [6.07, 6.45) is 0.380. The van der Waals surface area contributed by atoms with E-state index in [0.29, 0.717) is 17.9 Å². The van der Waals surface area contributed by atoms with Crippen molar-refractivity contribution in [3.63, 3.8) is 0 Å². The van der Waals surface area contributed by atoms with E-state index in [1.807, 2.05) is 69.3 Å². The first kappa shape index (κ1) is 16.1. The molecular formula is C20H22N2O2. The van der Waals surface area contributed by atoms with E-state index in [9.17, 15) is 4.79 Å². The number of aromatic nitrogens is 1. The standard InChI is InChI=1S/C20H22N2O2/c1-13(2)24-19-11-7-6-10-18(19)22-20(23)12-16-14(3)21-17-9-5-4-8-15(16)17/h4-11,13,21H,12H2,1-3H3,(H,22,23). The summed E-state index contributed by atoms with van der Waals surface area (Å²) in [5.74, 6) is 0.638. The Kier molecular flexibility index (Phi) is 4.56. The van der Waals surface area contributed by atoms with Crippen molar-refractivity contribution in [1.82, 2.24) is 4.98 Å². The van der Waals surface area contributed by atoms with Crippen molar-refractivity contribution < 1.29 is 9.53 Å². The normalized spacial score (nSPS) is 11.0. The summed E-state index contributed by atoms with van der Waals surface area (Å²) in [5.41, 5.74) is 3.82. The number of hydrogen-bond acceptors (Lipinski definition) is 2. The molecule has 0 saturated heterocycles. The van der Waals surface area contributed by atoms with E-state index in [4.69, 9.17) is 4.74 Å². The van der Waals surface area contributed by atoms with E-state index in [1.54, 1.807) is 0 Å². The number of para-hydroxylation sites is 3. The van der Waals surface area contributed by atoms with Gasteiger partial charge in [-0.25, -0.2) is 0 Å². The molecular weight excluding hydrogens is 300 g/mol. The SMILES string of the molecule is Cc1[nH]c2ccccc2c1CC(=O)Nc1ccccc1OC(C)C. The molecule has 0 aliphatic carbocycles. The van der Waals surface area contributed by atoms with Crippen LogP contribution in [0, 0.1) is 6.92 Å². The van der Waals surface area contributed by atoms with Crippen LogP contribution in [0.15, 0.2) is 48.5 Å². The van der Waals surface area contributed by atoms with Gasteiger partial charge < -0.3 is 15.0 Å². The highest BCUT2D eigenvalue weighted by atomic mass is 16.5. The molecule has 3 aromatic rings. The highest BCUT2D eigenvalue weighted by Crippen LogP contribution is 2.26. The van der Waals surface area contributed by atoms with Crippen molar-refractivity contribution >= 4 is 22.5 Å². The first-order valence-corrected chi connectivity index (χ1v) is 8.16. The van der Waals surface area contributed by atoms with E-state index < -0.39 is 0 Å². The maximum absolute atomic E-state index is 12.5. The third-order valence-corrected chi connectivity index (χ3v) is 3.89. The molecule has 0 saturated carbocycles. The summed E-state index contributed by atoms with van der Waals surface area (Å²) in [5, 5.41) is 4.06. The number of amides is 1. The van der Waals surface area contributed by atoms with Gasteiger partial charge in [-0.2, -0.15) is 0 Å². The molecule has 0 atom stereocenters. The van der Waals surface area contributed by atoms with Crippen LogP contribution < -0.4 is 10.1 Å². The first-order chi connectivity index (χ1) is 11.5. The smallest absolute Gasteiger partial charge is 0.228 e. The minimum Gasteiger partial charge on any atom is -0.489 e. The lowest BCUT2D eigenvalue weighted by atomic mass is 10.1. The van der Waals surface area contributed by atoms with Gasteiger partial charge in [0, 0.05) is 16.6 Å². The van der Waals surface area contributed by atoms with Gasteiger partial charge in [0.2, 0.25) is 5.91 Å². The van der Waals surface area contributed by atoms with Crippen molar-refractivity contribution in [2.45, 2.75) is 33.3 Å². The average molecular weight is 322 g/mol. The highest BCUT2D eigenvalue weighted by molar-refractivity contribution is 5.97. The third kappa shape index (κ3) is 3.43. The van der Waals surface area contributed by atoms with E-state index in [0.717, 1.165) is 22.2 Å². The predicted molar refractivity (Wildman–Crippen MR) is 97.6 cm³/mol. The van der Waals surface area contributed by atoms with Crippen molar-refractivity contribution in [3.8, 4) is 5.75 Å². The Hall–Kier alpha value is -2.75. The van der Waals surface area contributed by atoms with E-state index in [1.165, 1.54) is 0 Å². The topological polar surface area (TPSA) is 54.1 Å². The number of anilines is 1. The van der Waals surface area contributed by atoms with E-state index >= 15 is 0 Å². The number of nitrogens with one attached hydrogen (secondary N) is 2. The molecule has 0 aliphatic rings. The molecule has 1 aromatic heterocycles. The van der Waals surface area contributed by atoms with Gasteiger partial charge in [0.1, 0.15) is 5.75 Å². The minimum absolute atomic E-state index is 0.0531. The van der Waals surface area contributed by atoms with Crippen LogP contribution in [0.3, 0.4) is 0 Å². The summed E-state index contributed by atoms with van der Waals surface area (Å²) in [4.78, 5) is 15.9. The van der Waals surface area contributed by atoms with Gasteiger partial charge in [0.25, 0.3) is 0 Å². The number of aromatic amines is 1. The monoisotopic (exact) mass is 322 g/mol. The molecule has 124 valence electrons. The number of rotatable bonds is 5. The van der Waals surface area contributed by atoms with Crippen LogP contribution in [0.4, 0.5) is 5.69 Å². The second-order valence-electron chi connectivity index (χ2n) is 6.16. The zero-order chi connectivity index (χ0) is 17.1. The number of benzene rings is 2. The number of carbonyl (C=O) groups excluding carboxylic acids is 1. The van der Waals surface area contributed by atoms with Crippen molar-refractivity contribution in [2.24, 2.45) is 0 Å². The van der Waals surface area contributed by atoms with Gasteiger partial charge in [-0.15, -0.1) is 0 Å². The van der Waals surface area contributed by atoms with Crippen molar-refractivity contribution in [1.29, 1.82) is 0 Å². The van der Waals surface area contributed by atoms with Crippen LogP contribution in [0.5, 0.6) is 5.75 Å². The third-order valence-electron chi connectivity index (χ3n) is 3.89. The predicted octanol–water partition coefficient (Wildman–Crippen LogP) is 4.44. The number of ether oxygens (including phenoxy) is 1. The van der Waals surface area contributed by atoms with Gasteiger partial charge in [-0.1, -0.05) is 30.3 Å². The van der Waals surface area contributed by atoms with Crippen LogP contribution in [0.1, 0.15) is 25.1 Å². The summed E-state index contributed by atoms with van der Waals surface area (Å²) < 4.78 is 5.75. The lowest BCUT2D eigenvalue weighted by molar-refractivity contribution is -0.115. The quantitative estimate of drug-likeness (QED) is 0.729. The molecule has 0 unspecified atom stereocenters. The Balaban J connectivity index is 1.80. The minimum atomic E-state index is -0.0531. The molecule has 1 amide bonds. The molecule has 1 heterocycles. The Morgan fingerprint density at radius 2 is 1.83 bits per heavy atom. The molecule has 0 radical (unpaired) electrons. The zero-order valence-electron chi connectivity index (χ0n) is 14.2. The summed E-state index contributed by atoms with van der Waals surface area (Å²) in [7, 11) is 0. The number of H-pyrrole nitrogens is 1. The lowest BCUT2D eigenvalue weighted by Gasteiger charge is -2.14. The highest BCUT2D eigenvalue weighted by Gasteiger charge is 2.14. The Labute approximate surface area is 141 Å². The van der Waals surface area contributed by atoms with Crippen LogP contribution in [0.2, 0.25) is 0 Å². The fourth-order valence-corrected chi connectivity index (χ4v) is 2.84. The molecule has 4 heteroatoms. The van der Waals surface area contributed by atoms with E-state index in [2.05, 4.69) is 10.3 Å². The molecule has 0 bridgehead atoms.